The fourth-order valence-corrected chi connectivity index (χ4v) is 2.79. The van der Waals surface area contributed by atoms with Crippen molar-refractivity contribution < 1.29 is 14.7 Å². The number of nitrogens with one attached hydrogen (secondary N) is 2. The average Bonchev–Trinajstić information content (AvgIpc) is 2.40. The molecule has 0 aliphatic carbocycles. The Kier molecular flexibility index (Phi) is 5.80. The van der Waals surface area contributed by atoms with Gasteiger partial charge in [-0.1, -0.05) is 20.3 Å². The molecule has 1 fully saturated rings. The first-order valence-electron chi connectivity index (χ1n) is 7.46. The van der Waals surface area contributed by atoms with Crippen molar-refractivity contribution in [1.29, 1.82) is 0 Å². The summed E-state index contributed by atoms with van der Waals surface area (Å²) in [6.07, 6.45) is 3.95. The molecule has 1 rings (SSSR count). The van der Waals surface area contributed by atoms with Crippen LogP contribution >= 0.6 is 0 Å². The second-order valence-corrected chi connectivity index (χ2v) is 5.70. The van der Waals surface area contributed by atoms with Gasteiger partial charge in [0.1, 0.15) is 5.54 Å². The van der Waals surface area contributed by atoms with Crippen molar-refractivity contribution in [2.45, 2.75) is 77.4 Å². The minimum Gasteiger partial charge on any atom is -0.480 e. The van der Waals surface area contributed by atoms with Gasteiger partial charge in [0.05, 0.1) is 0 Å². The van der Waals surface area contributed by atoms with E-state index in [2.05, 4.69) is 24.6 Å². The van der Waals surface area contributed by atoms with Crippen LogP contribution in [0.15, 0.2) is 0 Å². The smallest absolute Gasteiger partial charge is 0.330 e. The van der Waals surface area contributed by atoms with E-state index in [1.807, 2.05) is 5.01 Å². The number of carbonyl (C=O) groups excluding carboxylic acids is 1. The second-order valence-electron chi connectivity index (χ2n) is 5.70. The molecule has 0 spiro atoms. The van der Waals surface area contributed by atoms with E-state index in [4.69, 9.17) is 0 Å². The molecule has 20 heavy (non-hydrogen) atoms. The fraction of sp³-hybridized carbons (Fsp3) is 0.857. The third-order valence-corrected chi connectivity index (χ3v) is 4.39. The van der Waals surface area contributed by atoms with E-state index in [1.54, 1.807) is 13.8 Å². The van der Waals surface area contributed by atoms with Gasteiger partial charge in [-0.25, -0.2) is 14.6 Å². The summed E-state index contributed by atoms with van der Waals surface area (Å²) < 4.78 is 0. The molecule has 0 bridgehead atoms. The van der Waals surface area contributed by atoms with E-state index in [9.17, 15) is 14.7 Å². The number of rotatable bonds is 5. The van der Waals surface area contributed by atoms with Gasteiger partial charge in [0.25, 0.3) is 0 Å². The first-order chi connectivity index (χ1) is 9.36. The first-order valence-corrected chi connectivity index (χ1v) is 7.46. The molecule has 1 saturated heterocycles. The highest BCUT2D eigenvalue weighted by Crippen LogP contribution is 2.20. The van der Waals surface area contributed by atoms with Gasteiger partial charge in [0, 0.05) is 12.1 Å². The molecule has 6 heteroatoms. The van der Waals surface area contributed by atoms with Crippen LogP contribution in [-0.4, -0.2) is 39.7 Å². The summed E-state index contributed by atoms with van der Waals surface area (Å²) in [5.41, 5.74) is 1.63. The van der Waals surface area contributed by atoms with Gasteiger partial charge in [-0.05, 0) is 39.5 Å². The zero-order chi connectivity index (χ0) is 15.3. The molecule has 2 atom stereocenters. The van der Waals surface area contributed by atoms with Gasteiger partial charge < -0.3 is 10.4 Å². The van der Waals surface area contributed by atoms with Crippen LogP contribution < -0.4 is 10.7 Å². The number of carboxylic acids is 1. The Labute approximate surface area is 120 Å². The molecule has 2 amide bonds. The molecule has 1 aliphatic rings. The van der Waals surface area contributed by atoms with Gasteiger partial charge in [-0.3, -0.25) is 5.43 Å². The number of piperidine rings is 1. The molecule has 1 aliphatic heterocycles. The minimum absolute atomic E-state index is 0.270. The highest BCUT2D eigenvalue weighted by atomic mass is 16.4. The Bertz CT molecular complexity index is 346. The van der Waals surface area contributed by atoms with Crippen LogP contribution in [0.2, 0.25) is 0 Å². The van der Waals surface area contributed by atoms with Crippen LogP contribution in [0, 0.1) is 0 Å². The summed E-state index contributed by atoms with van der Waals surface area (Å²) in [5.74, 6) is -0.989. The Morgan fingerprint density at radius 3 is 2.10 bits per heavy atom. The summed E-state index contributed by atoms with van der Waals surface area (Å²) >= 11 is 0. The van der Waals surface area contributed by atoms with E-state index in [1.165, 1.54) is 0 Å². The lowest BCUT2D eigenvalue weighted by Gasteiger charge is -2.39. The maximum Gasteiger partial charge on any atom is 0.330 e. The molecule has 0 saturated carbocycles. The Morgan fingerprint density at radius 2 is 1.70 bits per heavy atom. The molecule has 0 aromatic heterocycles. The van der Waals surface area contributed by atoms with Crippen LogP contribution in [0.1, 0.15) is 59.8 Å². The Hall–Kier alpha value is -1.30. The molecule has 0 aromatic carbocycles. The van der Waals surface area contributed by atoms with E-state index in [0.717, 1.165) is 19.3 Å². The highest BCUT2D eigenvalue weighted by molar-refractivity contribution is 5.86. The standard InChI is InChI=1S/C14H27N3O3/c1-5-14(6-2,12(18)19)15-13(20)16-17-10(3)8-7-9-11(17)4/h10-11H,5-9H2,1-4H3,(H,18,19)(H2,15,16,20). The molecular formula is C14H27N3O3. The number of carboxylic acid groups (broad SMARTS) is 1. The zero-order valence-corrected chi connectivity index (χ0v) is 12.9. The third kappa shape index (κ3) is 3.62. The van der Waals surface area contributed by atoms with Crippen LogP contribution in [0.5, 0.6) is 0 Å². The number of amides is 2. The summed E-state index contributed by atoms with van der Waals surface area (Å²) in [4.78, 5) is 23.5. The van der Waals surface area contributed by atoms with Crippen molar-refractivity contribution in [1.82, 2.24) is 15.8 Å². The number of nitrogens with zero attached hydrogens (tertiary/aromatic N) is 1. The van der Waals surface area contributed by atoms with Crippen LogP contribution in [0.4, 0.5) is 4.79 Å². The van der Waals surface area contributed by atoms with Crippen molar-refractivity contribution >= 4 is 12.0 Å². The number of aliphatic carboxylic acids is 1. The van der Waals surface area contributed by atoms with Gasteiger partial charge in [0.2, 0.25) is 0 Å². The van der Waals surface area contributed by atoms with Gasteiger partial charge >= 0.3 is 12.0 Å². The second kappa shape index (κ2) is 6.92. The quantitative estimate of drug-likeness (QED) is 0.722. The molecule has 1 heterocycles. The molecule has 0 aromatic rings. The van der Waals surface area contributed by atoms with Crippen LogP contribution in [0.3, 0.4) is 0 Å². The maximum atomic E-state index is 12.1. The SMILES string of the molecule is CCC(CC)(NC(=O)NN1C(C)CCCC1C)C(=O)O. The van der Waals surface area contributed by atoms with Gasteiger partial charge in [-0.15, -0.1) is 0 Å². The first kappa shape index (κ1) is 16.8. The molecule has 3 N–H and O–H groups in total. The maximum absolute atomic E-state index is 12.1. The zero-order valence-electron chi connectivity index (χ0n) is 12.9. The number of hydrogen-bond acceptors (Lipinski definition) is 3. The third-order valence-electron chi connectivity index (χ3n) is 4.39. The average molecular weight is 285 g/mol. The van der Waals surface area contributed by atoms with Crippen molar-refractivity contribution in [3.05, 3.63) is 0 Å². The lowest BCUT2D eigenvalue weighted by Crippen LogP contribution is -2.62. The van der Waals surface area contributed by atoms with E-state index >= 15 is 0 Å². The Morgan fingerprint density at radius 1 is 1.20 bits per heavy atom. The van der Waals surface area contributed by atoms with Crippen LogP contribution in [0.25, 0.3) is 0 Å². The molecule has 0 radical (unpaired) electrons. The predicted octanol–water partition coefficient (Wildman–Crippen LogP) is 2.11. The van der Waals surface area contributed by atoms with Crippen molar-refractivity contribution in [2.75, 3.05) is 0 Å². The topological polar surface area (TPSA) is 81.7 Å². The van der Waals surface area contributed by atoms with Gasteiger partial charge in [0.15, 0.2) is 0 Å². The number of carbonyl (C=O) groups is 2. The van der Waals surface area contributed by atoms with E-state index < -0.39 is 17.5 Å². The molecular weight excluding hydrogens is 258 g/mol. The van der Waals surface area contributed by atoms with E-state index in [0.29, 0.717) is 12.8 Å². The number of hydrazine groups is 1. The summed E-state index contributed by atoms with van der Waals surface area (Å²) in [6.45, 7) is 7.67. The molecule has 116 valence electrons. The lowest BCUT2D eigenvalue weighted by atomic mass is 9.93. The van der Waals surface area contributed by atoms with Crippen LogP contribution in [-0.2, 0) is 4.79 Å². The normalized spacial score (nSPS) is 24.2. The summed E-state index contributed by atoms with van der Waals surface area (Å²) in [5, 5.41) is 13.9. The monoisotopic (exact) mass is 285 g/mol. The minimum atomic E-state index is -1.19. The fourth-order valence-electron chi connectivity index (χ4n) is 2.79. The summed E-state index contributed by atoms with van der Waals surface area (Å²) in [7, 11) is 0. The van der Waals surface area contributed by atoms with Gasteiger partial charge in [-0.2, -0.15) is 0 Å². The number of urea groups is 1. The highest BCUT2D eigenvalue weighted by Gasteiger charge is 2.37. The van der Waals surface area contributed by atoms with Crippen molar-refractivity contribution in [2.24, 2.45) is 0 Å². The largest absolute Gasteiger partial charge is 0.480 e. The van der Waals surface area contributed by atoms with Crippen molar-refractivity contribution in [3.63, 3.8) is 0 Å². The lowest BCUT2D eigenvalue weighted by molar-refractivity contribution is -0.144. The molecule has 2 unspecified atom stereocenters. The predicted molar refractivity (Wildman–Crippen MR) is 77.2 cm³/mol. The van der Waals surface area contributed by atoms with Crippen molar-refractivity contribution in [3.8, 4) is 0 Å². The molecule has 6 nitrogen and oxygen atoms in total. The Balaban J connectivity index is 2.68. The number of hydrogen-bond donors (Lipinski definition) is 3. The van der Waals surface area contributed by atoms with E-state index in [-0.39, 0.29) is 12.1 Å². The summed E-state index contributed by atoms with van der Waals surface area (Å²) in [6, 6.07) is 0.107.